The molecule has 1 aliphatic heterocycles. The van der Waals surface area contributed by atoms with Crippen molar-refractivity contribution in [3.8, 4) is 0 Å². The van der Waals surface area contributed by atoms with E-state index in [1.54, 1.807) is 0 Å². The van der Waals surface area contributed by atoms with Crippen molar-refractivity contribution >= 4 is 48.9 Å². The Hall–Kier alpha value is -2.14. The van der Waals surface area contributed by atoms with Gasteiger partial charge in [-0.2, -0.15) is 4.31 Å². The van der Waals surface area contributed by atoms with Crippen LogP contribution < -0.4 is 10.0 Å². The van der Waals surface area contributed by atoms with Gasteiger partial charge >= 0.3 is 0 Å². The molecule has 0 bridgehead atoms. The van der Waals surface area contributed by atoms with Gasteiger partial charge in [0.2, 0.25) is 20.0 Å². The van der Waals surface area contributed by atoms with Crippen LogP contribution in [0.1, 0.15) is 29.6 Å². The fourth-order valence-corrected chi connectivity index (χ4v) is 5.49. The van der Waals surface area contributed by atoms with Crippen LogP contribution in [-0.2, 0) is 20.0 Å². The van der Waals surface area contributed by atoms with E-state index < -0.39 is 26.0 Å². The number of carbonyl (C=O) groups is 1. The second-order valence-corrected chi connectivity index (χ2v) is 11.1. The zero-order valence-electron chi connectivity index (χ0n) is 16.3. The normalized spacial score (nSPS) is 15.5. The third-order valence-electron chi connectivity index (χ3n) is 4.59. The number of nitrogens with zero attached hydrogens (tertiary/aromatic N) is 1. The molecule has 0 saturated carbocycles. The number of hydrogen-bond acceptors (Lipinski definition) is 5. The van der Waals surface area contributed by atoms with E-state index in [2.05, 4.69) is 10.0 Å². The van der Waals surface area contributed by atoms with Crippen LogP contribution in [0.3, 0.4) is 0 Å². The van der Waals surface area contributed by atoms with Gasteiger partial charge in [-0.15, -0.1) is 0 Å². The number of sulfonamides is 2. The SMILES string of the molecule is CS(=O)(=O)Nc1ccc(C(=O)Nc2ccc(S(=O)(=O)N3CCCCC3)cc2)cc1Cl. The lowest BCUT2D eigenvalue weighted by molar-refractivity contribution is 0.102. The van der Waals surface area contributed by atoms with Crippen LogP contribution in [-0.4, -0.2) is 46.4 Å². The van der Waals surface area contributed by atoms with Crippen LogP contribution in [0.2, 0.25) is 5.02 Å². The summed E-state index contributed by atoms with van der Waals surface area (Å²) in [7, 11) is -7.03. The van der Waals surface area contributed by atoms with Crippen LogP contribution in [0, 0.1) is 0 Å². The minimum absolute atomic E-state index is 0.0797. The number of anilines is 2. The lowest BCUT2D eigenvalue weighted by Gasteiger charge is -2.25. The number of piperidine rings is 1. The molecule has 0 spiro atoms. The molecule has 162 valence electrons. The molecule has 2 aromatic carbocycles. The molecule has 0 aromatic heterocycles. The van der Waals surface area contributed by atoms with Crippen molar-refractivity contribution in [1.29, 1.82) is 0 Å². The number of nitrogens with one attached hydrogen (secondary N) is 2. The average Bonchev–Trinajstić information content (AvgIpc) is 2.69. The van der Waals surface area contributed by atoms with Gasteiger partial charge in [-0.05, 0) is 55.3 Å². The summed E-state index contributed by atoms with van der Waals surface area (Å²) in [5.74, 6) is -0.463. The zero-order valence-corrected chi connectivity index (χ0v) is 18.6. The first-order valence-corrected chi connectivity index (χ1v) is 13.0. The van der Waals surface area contributed by atoms with Crippen LogP contribution in [0.25, 0.3) is 0 Å². The van der Waals surface area contributed by atoms with E-state index in [0.717, 1.165) is 25.5 Å². The van der Waals surface area contributed by atoms with Gasteiger partial charge in [-0.1, -0.05) is 18.0 Å². The molecule has 1 heterocycles. The van der Waals surface area contributed by atoms with Gasteiger partial charge in [-0.25, -0.2) is 16.8 Å². The van der Waals surface area contributed by atoms with Gasteiger partial charge in [0.05, 0.1) is 21.9 Å². The van der Waals surface area contributed by atoms with Gasteiger partial charge in [0.15, 0.2) is 0 Å². The maximum Gasteiger partial charge on any atom is 0.255 e. The van der Waals surface area contributed by atoms with Crippen molar-refractivity contribution < 1.29 is 21.6 Å². The number of amides is 1. The molecule has 2 N–H and O–H groups in total. The molecule has 1 amide bonds. The van der Waals surface area contributed by atoms with Gasteiger partial charge in [0.1, 0.15) is 0 Å². The first-order valence-electron chi connectivity index (χ1n) is 9.25. The van der Waals surface area contributed by atoms with E-state index in [9.17, 15) is 21.6 Å². The second kappa shape index (κ2) is 8.93. The highest BCUT2D eigenvalue weighted by molar-refractivity contribution is 7.92. The number of benzene rings is 2. The molecular formula is C19H22ClN3O5S2. The fraction of sp³-hybridized carbons (Fsp3) is 0.316. The second-order valence-electron chi connectivity index (χ2n) is 7.01. The van der Waals surface area contributed by atoms with E-state index in [1.165, 1.54) is 46.8 Å². The predicted molar refractivity (Wildman–Crippen MR) is 117 cm³/mol. The van der Waals surface area contributed by atoms with Crippen molar-refractivity contribution in [2.75, 3.05) is 29.4 Å². The topological polar surface area (TPSA) is 113 Å². The zero-order chi connectivity index (χ0) is 21.9. The third kappa shape index (κ3) is 5.51. The van der Waals surface area contributed by atoms with Crippen LogP contribution >= 0.6 is 11.6 Å². The summed E-state index contributed by atoms with van der Waals surface area (Å²) in [6.07, 6.45) is 3.74. The fourth-order valence-electron chi connectivity index (χ4n) is 3.11. The number of hydrogen-bond donors (Lipinski definition) is 2. The van der Waals surface area contributed by atoms with Crippen molar-refractivity contribution in [3.05, 3.63) is 53.1 Å². The third-order valence-corrected chi connectivity index (χ3v) is 7.41. The number of rotatable bonds is 6. The van der Waals surface area contributed by atoms with Crippen molar-refractivity contribution in [1.82, 2.24) is 4.31 Å². The number of carbonyl (C=O) groups excluding carboxylic acids is 1. The minimum atomic E-state index is -3.54. The van der Waals surface area contributed by atoms with E-state index in [-0.39, 0.29) is 21.2 Å². The van der Waals surface area contributed by atoms with Crippen molar-refractivity contribution in [2.45, 2.75) is 24.2 Å². The van der Waals surface area contributed by atoms with Gasteiger partial charge in [-0.3, -0.25) is 9.52 Å². The molecule has 1 saturated heterocycles. The minimum Gasteiger partial charge on any atom is -0.322 e. The quantitative estimate of drug-likeness (QED) is 0.672. The predicted octanol–water partition coefficient (Wildman–Crippen LogP) is 3.14. The first kappa shape index (κ1) is 22.5. The smallest absolute Gasteiger partial charge is 0.255 e. The molecule has 8 nitrogen and oxygen atoms in total. The maximum atomic E-state index is 12.7. The Morgan fingerprint density at radius 2 is 1.60 bits per heavy atom. The number of halogens is 1. The summed E-state index contributed by atoms with van der Waals surface area (Å²) in [5, 5.41) is 2.75. The Morgan fingerprint density at radius 1 is 0.967 bits per heavy atom. The molecule has 0 atom stereocenters. The molecule has 11 heteroatoms. The summed E-state index contributed by atoms with van der Waals surface area (Å²) in [5.41, 5.74) is 0.819. The lowest BCUT2D eigenvalue weighted by Crippen LogP contribution is -2.35. The summed E-state index contributed by atoms with van der Waals surface area (Å²) in [6.45, 7) is 1.04. The average molecular weight is 472 g/mol. The van der Waals surface area contributed by atoms with Crippen molar-refractivity contribution in [2.24, 2.45) is 0 Å². The Morgan fingerprint density at radius 3 is 2.17 bits per heavy atom. The van der Waals surface area contributed by atoms with Crippen molar-refractivity contribution in [3.63, 3.8) is 0 Å². The van der Waals surface area contributed by atoms with Gasteiger partial charge in [0, 0.05) is 24.3 Å². The summed E-state index contributed by atoms with van der Waals surface area (Å²) >= 11 is 6.05. The Kier molecular flexibility index (Phi) is 6.71. The Labute approximate surface area is 181 Å². The maximum absolute atomic E-state index is 12.7. The molecule has 3 rings (SSSR count). The summed E-state index contributed by atoms with van der Waals surface area (Å²) in [6, 6.07) is 10.2. The Balaban J connectivity index is 1.71. The lowest BCUT2D eigenvalue weighted by atomic mass is 10.2. The molecule has 1 fully saturated rings. The largest absolute Gasteiger partial charge is 0.322 e. The van der Waals surface area contributed by atoms with Gasteiger partial charge < -0.3 is 5.32 Å². The molecule has 0 radical (unpaired) electrons. The molecule has 2 aromatic rings. The highest BCUT2D eigenvalue weighted by atomic mass is 35.5. The summed E-state index contributed by atoms with van der Waals surface area (Å²) < 4.78 is 51.8. The van der Waals surface area contributed by atoms with E-state index in [4.69, 9.17) is 11.6 Å². The van der Waals surface area contributed by atoms with Crippen LogP contribution in [0.5, 0.6) is 0 Å². The van der Waals surface area contributed by atoms with E-state index in [1.807, 2.05) is 0 Å². The molecule has 0 aliphatic carbocycles. The summed E-state index contributed by atoms with van der Waals surface area (Å²) in [4.78, 5) is 12.6. The standard InChI is InChI=1S/C19H22ClN3O5S2/c1-29(25,26)22-18-10-5-14(13-17(18)20)19(24)21-15-6-8-16(9-7-15)30(27,28)23-11-3-2-4-12-23/h5-10,13,22H,2-4,11-12H2,1H3,(H,21,24). The highest BCUT2D eigenvalue weighted by Gasteiger charge is 2.25. The van der Waals surface area contributed by atoms with Crippen LogP contribution in [0.4, 0.5) is 11.4 Å². The molecular weight excluding hydrogens is 450 g/mol. The molecule has 1 aliphatic rings. The van der Waals surface area contributed by atoms with E-state index in [0.29, 0.717) is 18.8 Å². The van der Waals surface area contributed by atoms with E-state index >= 15 is 0 Å². The highest BCUT2D eigenvalue weighted by Crippen LogP contribution is 2.25. The van der Waals surface area contributed by atoms with Gasteiger partial charge in [0.25, 0.3) is 5.91 Å². The Bertz CT molecular complexity index is 1140. The first-order chi connectivity index (χ1) is 14.1. The van der Waals surface area contributed by atoms with Crippen LogP contribution in [0.15, 0.2) is 47.4 Å². The monoisotopic (exact) mass is 471 g/mol. The molecule has 0 unspecified atom stereocenters. The molecule has 30 heavy (non-hydrogen) atoms.